The van der Waals surface area contributed by atoms with Gasteiger partial charge in [-0.2, -0.15) is 0 Å². The first-order chi connectivity index (χ1) is 8.13. The van der Waals surface area contributed by atoms with E-state index in [9.17, 15) is 8.78 Å². The van der Waals surface area contributed by atoms with E-state index in [1.54, 1.807) is 11.9 Å². The fourth-order valence-electron chi connectivity index (χ4n) is 2.63. The SMILES string of the molecule is CN(c1ncc(F)cc1F)C1CCCC1CN. The number of nitrogens with two attached hydrogens (primary N) is 1. The van der Waals surface area contributed by atoms with Crippen molar-refractivity contribution in [2.75, 3.05) is 18.5 Å². The third-order valence-electron chi connectivity index (χ3n) is 3.54. The molecule has 0 aliphatic heterocycles. The number of rotatable bonds is 3. The lowest BCUT2D eigenvalue weighted by molar-refractivity contribution is 0.464. The molecule has 1 aliphatic rings. The van der Waals surface area contributed by atoms with Gasteiger partial charge in [0.25, 0.3) is 0 Å². The molecule has 17 heavy (non-hydrogen) atoms. The molecule has 0 amide bonds. The van der Waals surface area contributed by atoms with Crippen molar-refractivity contribution in [3.8, 4) is 0 Å². The Bertz CT molecular complexity index is 397. The van der Waals surface area contributed by atoms with Crippen molar-refractivity contribution < 1.29 is 8.78 Å². The molecule has 94 valence electrons. The summed E-state index contributed by atoms with van der Waals surface area (Å²) in [7, 11) is 1.79. The lowest BCUT2D eigenvalue weighted by atomic mass is 10.0. The van der Waals surface area contributed by atoms with E-state index in [1.807, 2.05) is 0 Å². The Kier molecular flexibility index (Phi) is 3.57. The minimum Gasteiger partial charge on any atom is -0.354 e. The highest BCUT2D eigenvalue weighted by Gasteiger charge is 2.31. The van der Waals surface area contributed by atoms with Gasteiger partial charge < -0.3 is 10.6 Å². The summed E-state index contributed by atoms with van der Waals surface area (Å²) >= 11 is 0. The van der Waals surface area contributed by atoms with E-state index in [-0.39, 0.29) is 11.9 Å². The van der Waals surface area contributed by atoms with Crippen molar-refractivity contribution in [1.29, 1.82) is 0 Å². The van der Waals surface area contributed by atoms with Gasteiger partial charge in [0.15, 0.2) is 11.6 Å². The van der Waals surface area contributed by atoms with Crippen molar-refractivity contribution in [3.63, 3.8) is 0 Å². The lowest BCUT2D eigenvalue weighted by Gasteiger charge is -2.30. The van der Waals surface area contributed by atoms with E-state index in [2.05, 4.69) is 4.98 Å². The van der Waals surface area contributed by atoms with Gasteiger partial charge in [-0.25, -0.2) is 13.8 Å². The lowest BCUT2D eigenvalue weighted by Crippen LogP contribution is -2.38. The van der Waals surface area contributed by atoms with Crippen molar-refractivity contribution in [2.24, 2.45) is 11.7 Å². The summed E-state index contributed by atoms with van der Waals surface area (Å²) in [4.78, 5) is 5.62. The van der Waals surface area contributed by atoms with E-state index >= 15 is 0 Å². The van der Waals surface area contributed by atoms with Crippen LogP contribution in [0, 0.1) is 17.6 Å². The molecule has 1 aromatic heterocycles. The van der Waals surface area contributed by atoms with Gasteiger partial charge in [0.1, 0.15) is 5.82 Å². The quantitative estimate of drug-likeness (QED) is 0.879. The van der Waals surface area contributed by atoms with Crippen molar-refractivity contribution in [2.45, 2.75) is 25.3 Å². The van der Waals surface area contributed by atoms with Gasteiger partial charge in [0, 0.05) is 19.2 Å². The second kappa shape index (κ2) is 4.96. The van der Waals surface area contributed by atoms with Crippen LogP contribution in [-0.4, -0.2) is 24.6 Å². The van der Waals surface area contributed by atoms with E-state index < -0.39 is 11.6 Å². The highest BCUT2D eigenvalue weighted by Crippen LogP contribution is 2.31. The van der Waals surface area contributed by atoms with E-state index in [0.717, 1.165) is 31.5 Å². The van der Waals surface area contributed by atoms with Gasteiger partial charge in [0.05, 0.1) is 6.20 Å². The molecule has 0 bridgehead atoms. The van der Waals surface area contributed by atoms with E-state index in [1.165, 1.54) is 0 Å². The third kappa shape index (κ3) is 2.39. The number of hydrogen-bond acceptors (Lipinski definition) is 3. The number of halogens is 2. The Hall–Kier alpha value is -1.23. The number of aromatic nitrogens is 1. The molecule has 0 aromatic carbocycles. The normalized spacial score (nSPS) is 24.0. The molecule has 1 saturated carbocycles. The summed E-state index contributed by atoms with van der Waals surface area (Å²) < 4.78 is 26.4. The van der Waals surface area contributed by atoms with Gasteiger partial charge in [-0.1, -0.05) is 6.42 Å². The maximum atomic E-state index is 13.6. The molecule has 0 radical (unpaired) electrons. The van der Waals surface area contributed by atoms with Crippen LogP contribution in [0.2, 0.25) is 0 Å². The molecule has 1 fully saturated rings. The fourth-order valence-corrected chi connectivity index (χ4v) is 2.63. The molecule has 1 aliphatic carbocycles. The standard InChI is InChI=1S/C12H17F2N3/c1-17(11-4-2-3-8(11)6-15)12-10(14)5-9(13)7-16-12/h5,7-8,11H,2-4,6,15H2,1H3. The molecule has 2 unspecified atom stereocenters. The average Bonchev–Trinajstić information content (AvgIpc) is 2.76. The summed E-state index contributed by atoms with van der Waals surface area (Å²) in [6.07, 6.45) is 4.19. The van der Waals surface area contributed by atoms with Crippen molar-refractivity contribution >= 4 is 5.82 Å². The Morgan fingerprint density at radius 1 is 1.47 bits per heavy atom. The minimum absolute atomic E-state index is 0.201. The monoisotopic (exact) mass is 241 g/mol. The van der Waals surface area contributed by atoms with Crippen LogP contribution in [-0.2, 0) is 0 Å². The predicted molar refractivity (Wildman–Crippen MR) is 62.7 cm³/mol. The Morgan fingerprint density at radius 3 is 2.88 bits per heavy atom. The van der Waals surface area contributed by atoms with Crippen LogP contribution in [0.3, 0.4) is 0 Å². The summed E-state index contributed by atoms with van der Waals surface area (Å²) in [6.45, 7) is 0.595. The summed E-state index contributed by atoms with van der Waals surface area (Å²) in [6, 6.07) is 1.07. The van der Waals surface area contributed by atoms with Gasteiger partial charge in [-0.3, -0.25) is 0 Å². The third-order valence-corrected chi connectivity index (χ3v) is 3.54. The zero-order chi connectivity index (χ0) is 12.4. The van der Waals surface area contributed by atoms with Crippen LogP contribution < -0.4 is 10.6 Å². The van der Waals surface area contributed by atoms with E-state index in [4.69, 9.17) is 5.73 Å². The maximum absolute atomic E-state index is 13.6. The first kappa shape index (κ1) is 12.2. The van der Waals surface area contributed by atoms with Crippen molar-refractivity contribution in [1.82, 2.24) is 4.98 Å². The second-order valence-corrected chi connectivity index (χ2v) is 4.56. The molecule has 3 nitrogen and oxygen atoms in total. The number of hydrogen-bond donors (Lipinski definition) is 1. The van der Waals surface area contributed by atoms with Crippen LogP contribution in [0.5, 0.6) is 0 Å². The Balaban J connectivity index is 2.21. The molecule has 0 spiro atoms. The van der Waals surface area contributed by atoms with Crippen LogP contribution in [0.4, 0.5) is 14.6 Å². The highest BCUT2D eigenvalue weighted by molar-refractivity contribution is 5.40. The zero-order valence-corrected chi connectivity index (χ0v) is 9.87. The second-order valence-electron chi connectivity index (χ2n) is 4.56. The van der Waals surface area contributed by atoms with Crippen LogP contribution >= 0.6 is 0 Å². The van der Waals surface area contributed by atoms with Crippen LogP contribution in [0.15, 0.2) is 12.3 Å². The molecule has 2 N–H and O–H groups in total. The first-order valence-corrected chi connectivity index (χ1v) is 5.87. The number of pyridine rings is 1. The first-order valence-electron chi connectivity index (χ1n) is 5.87. The Labute approximate surface area is 99.6 Å². The number of nitrogens with zero attached hydrogens (tertiary/aromatic N) is 2. The van der Waals surface area contributed by atoms with Crippen molar-refractivity contribution in [3.05, 3.63) is 23.9 Å². The minimum atomic E-state index is -0.651. The summed E-state index contributed by atoms with van der Waals surface area (Å²) in [5, 5.41) is 0. The molecular formula is C12H17F2N3. The van der Waals surface area contributed by atoms with Gasteiger partial charge in [0.2, 0.25) is 0 Å². The van der Waals surface area contributed by atoms with Crippen LogP contribution in [0.25, 0.3) is 0 Å². The molecular weight excluding hydrogens is 224 g/mol. The summed E-state index contributed by atoms with van der Waals surface area (Å²) in [5.74, 6) is -0.695. The smallest absolute Gasteiger partial charge is 0.168 e. The maximum Gasteiger partial charge on any atom is 0.168 e. The molecule has 0 saturated heterocycles. The fraction of sp³-hybridized carbons (Fsp3) is 0.583. The largest absolute Gasteiger partial charge is 0.354 e. The van der Waals surface area contributed by atoms with Gasteiger partial charge in [-0.15, -0.1) is 0 Å². The van der Waals surface area contributed by atoms with Gasteiger partial charge in [-0.05, 0) is 25.3 Å². The molecule has 2 atom stereocenters. The molecule has 1 heterocycles. The highest BCUT2D eigenvalue weighted by atomic mass is 19.1. The predicted octanol–water partition coefficient (Wildman–Crippen LogP) is 1.92. The van der Waals surface area contributed by atoms with E-state index in [0.29, 0.717) is 12.5 Å². The molecule has 5 heteroatoms. The molecule has 1 aromatic rings. The zero-order valence-electron chi connectivity index (χ0n) is 9.87. The Morgan fingerprint density at radius 2 is 2.24 bits per heavy atom. The number of anilines is 1. The van der Waals surface area contributed by atoms with Gasteiger partial charge >= 0.3 is 0 Å². The summed E-state index contributed by atoms with van der Waals surface area (Å²) in [5.41, 5.74) is 5.70. The average molecular weight is 241 g/mol. The topological polar surface area (TPSA) is 42.2 Å². The van der Waals surface area contributed by atoms with Crippen LogP contribution in [0.1, 0.15) is 19.3 Å². The molecule has 2 rings (SSSR count).